The first-order valence-electron chi connectivity index (χ1n) is 6.93. The molecule has 1 atom stereocenters. The largest absolute Gasteiger partial charge is 0.375 e. The van der Waals surface area contributed by atoms with Crippen molar-refractivity contribution in [1.29, 1.82) is 5.26 Å². The molecule has 2 aliphatic rings. The SMILES string of the molecule is C#CCN1CCN(CC#N)C[C@@]12CCOC(C)(C)C2. The second-order valence-corrected chi connectivity index (χ2v) is 6.25. The van der Waals surface area contributed by atoms with Crippen LogP contribution in [0.25, 0.3) is 0 Å². The zero-order valence-electron chi connectivity index (χ0n) is 12.0. The molecule has 0 aromatic heterocycles. The molecular formula is C15H23N3O. The Morgan fingerprint density at radius 2 is 2.11 bits per heavy atom. The van der Waals surface area contributed by atoms with Gasteiger partial charge in [-0.3, -0.25) is 9.80 Å². The number of ether oxygens (including phenoxy) is 1. The van der Waals surface area contributed by atoms with Crippen molar-refractivity contribution in [2.75, 3.05) is 39.3 Å². The van der Waals surface area contributed by atoms with E-state index in [1.54, 1.807) is 0 Å². The van der Waals surface area contributed by atoms with E-state index in [1.807, 2.05) is 0 Å². The smallest absolute Gasteiger partial charge is 0.0867 e. The zero-order valence-corrected chi connectivity index (χ0v) is 12.0. The number of nitrogens with zero attached hydrogens (tertiary/aromatic N) is 3. The fourth-order valence-corrected chi connectivity index (χ4v) is 3.54. The zero-order chi connectivity index (χ0) is 13.9. The van der Waals surface area contributed by atoms with Gasteiger partial charge in [-0.1, -0.05) is 5.92 Å². The van der Waals surface area contributed by atoms with Crippen LogP contribution in [0.15, 0.2) is 0 Å². The summed E-state index contributed by atoms with van der Waals surface area (Å²) in [6.07, 6.45) is 7.50. The Bertz CT molecular complexity index is 407. The Balaban J connectivity index is 2.19. The molecular weight excluding hydrogens is 238 g/mol. The molecule has 0 aromatic rings. The Morgan fingerprint density at radius 1 is 1.32 bits per heavy atom. The molecule has 2 fully saturated rings. The Kier molecular flexibility index (Phi) is 4.16. The van der Waals surface area contributed by atoms with Crippen molar-refractivity contribution in [2.45, 2.75) is 37.8 Å². The predicted molar refractivity (Wildman–Crippen MR) is 74.5 cm³/mol. The van der Waals surface area contributed by atoms with E-state index in [2.05, 4.69) is 35.6 Å². The van der Waals surface area contributed by atoms with Crippen LogP contribution in [-0.2, 0) is 4.74 Å². The topological polar surface area (TPSA) is 39.5 Å². The maximum Gasteiger partial charge on any atom is 0.0867 e. The van der Waals surface area contributed by atoms with E-state index in [0.29, 0.717) is 13.1 Å². The van der Waals surface area contributed by atoms with Gasteiger partial charge in [-0.2, -0.15) is 5.26 Å². The molecule has 0 amide bonds. The summed E-state index contributed by atoms with van der Waals surface area (Å²) in [5.41, 5.74) is -0.0377. The molecule has 2 rings (SSSR count). The first kappa shape index (κ1) is 14.3. The molecule has 104 valence electrons. The number of piperazine rings is 1. The van der Waals surface area contributed by atoms with E-state index in [4.69, 9.17) is 16.4 Å². The third-order valence-electron chi connectivity index (χ3n) is 4.27. The highest BCUT2D eigenvalue weighted by atomic mass is 16.5. The molecule has 0 radical (unpaired) electrons. The van der Waals surface area contributed by atoms with Crippen molar-refractivity contribution in [3.63, 3.8) is 0 Å². The van der Waals surface area contributed by atoms with E-state index in [9.17, 15) is 0 Å². The molecule has 0 saturated carbocycles. The summed E-state index contributed by atoms with van der Waals surface area (Å²) in [6.45, 7) is 9.06. The number of hydrogen-bond donors (Lipinski definition) is 0. The molecule has 2 saturated heterocycles. The minimum Gasteiger partial charge on any atom is -0.375 e. The van der Waals surface area contributed by atoms with Crippen LogP contribution >= 0.6 is 0 Å². The Labute approximate surface area is 116 Å². The van der Waals surface area contributed by atoms with Crippen LogP contribution in [-0.4, -0.2) is 60.3 Å². The Morgan fingerprint density at radius 3 is 2.74 bits per heavy atom. The van der Waals surface area contributed by atoms with Gasteiger partial charge in [0.15, 0.2) is 0 Å². The average molecular weight is 261 g/mol. The van der Waals surface area contributed by atoms with E-state index < -0.39 is 0 Å². The highest BCUT2D eigenvalue weighted by Gasteiger charge is 2.47. The highest BCUT2D eigenvalue weighted by Crippen LogP contribution is 2.38. The van der Waals surface area contributed by atoms with E-state index >= 15 is 0 Å². The summed E-state index contributed by atoms with van der Waals surface area (Å²) in [5, 5.41) is 8.91. The van der Waals surface area contributed by atoms with Crippen LogP contribution in [0.4, 0.5) is 0 Å². The third-order valence-corrected chi connectivity index (χ3v) is 4.27. The van der Waals surface area contributed by atoms with Crippen LogP contribution in [0.5, 0.6) is 0 Å². The molecule has 0 N–H and O–H groups in total. The van der Waals surface area contributed by atoms with Gasteiger partial charge in [-0.25, -0.2) is 0 Å². The number of nitriles is 1. The van der Waals surface area contributed by atoms with Gasteiger partial charge in [-0.15, -0.1) is 6.42 Å². The van der Waals surface area contributed by atoms with Crippen molar-refractivity contribution in [3.8, 4) is 18.4 Å². The van der Waals surface area contributed by atoms with Crippen molar-refractivity contribution in [2.24, 2.45) is 0 Å². The first-order chi connectivity index (χ1) is 9.01. The normalized spacial score (nSPS) is 31.8. The Hall–Kier alpha value is -1.07. The average Bonchev–Trinajstić information content (AvgIpc) is 2.32. The maximum atomic E-state index is 8.91. The minimum atomic E-state index is -0.110. The van der Waals surface area contributed by atoms with Gasteiger partial charge in [-0.05, 0) is 26.7 Å². The van der Waals surface area contributed by atoms with Gasteiger partial charge >= 0.3 is 0 Å². The number of rotatable bonds is 2. The quantitative estimate of drug-likeness (QED) is 0.551. The van der Waals surface area contributed by atoms with Crippen LogP contribution in [0.1, 0.15) is 26.7 Å². The second-order valence-electron chi connectivity index (χ2n) is 6.25. The third kappa shape index (κ3) is 3.09. The van der Waals surface area contributed by atoms with Crippen molar-refractivity contribution < 1.29 is 4.74 Å². The summed E-state index contributed by atoms with van der Waals surface area (Å²) in [6, 6.07) is 2.26. The molecule has 4 nitrogen and oxygen atoms in total. The molecule has 0 aromatic carbocycles. The number of hydrogen-bond acceptors (Lipinski definition) is 4. The standard InChI is InChI=1S/C15H23N3O/c1-4-7-18-10-9-17(8-6-16)13-15(18)5-11-19-14(2,3)12-15/h1H,5,7-13H2,2-3H3/t15-/m0/s1. The summed E-state index contributed by atoms with van der Waals surface area (Å²) in [5.74, 6) is 2.78. The highest BCUT2D eigenvalue weighted by molar-refractivity contribution is 5.06. The lowest BCUT2D eigenvalue weighted by Gasteiger charge is -2.55. The van der Waals surface area contributed by atoms with E-state index in [-0.39, 0.29) is 11.1 Å². The van der Waals surface area contributed by atoms with Crippen molar-refractivity contribution in [3.05, 3.63) is 0 Å². The van der Waals surface area contributed by atoms with Crippen LogP contribution in [0, 0.1) is 23.7 Å². The molecule has 0 bridgehead atoms. The molecule has 0 aliphatic carbocycles. The van der Waals surface area contributed by atoms with E-state index in [1.165, 1.54) is 0 Å². The molecule has 0 unspecified atom stereocenters. The van der Waals surface area contributed by atoms with Crippen molar-refractivity contribution in [1.82, 2.24) is 9.80 Å². The van der Waals surface area contributed by atoms with Gasteiger partial charge in [0.25, 0.3) is 0 Å². The lowest BCUT2D eigenvalue weighted by molar-refractivity contribution is -0.137. The van der Waals surface area contributed by atoms with Gasteiger partial charge in [0.05, 0.1) is 24.8 Å². The van der Waals surface area contributed by atoms with E-state index in [0.717, 1.165) is 39.1 Å². The maximum absolute atomic E-state index is 8.91. The monoisotopic (exact) mass is 261 g/mol. The molecule has 2 aliphatic heterocycles. The lowest BCUT2D eigenvalue weighted by Crippen LogP contribution is -2.66. The first-order valence-corrected chi connectivity index (χ1v) is 6.93. The molecule has 2 heterocycles. The van der Waals surface area contributed by atoms with Gasteiger partial charge in [0.1, 0.15) is 0 Å². The van der Waals surface area contributed by atoms with Gasteiger partial charge in [0.2, 0.25) is 0 Å². The summed E-state index contributed by atoms with van der Waals surface area (Å²) >= 11 is 0. The molecule has 19 heavy (non-hydrogen) atoms. The van der Waals surface area contributed by atoms with Gasteiger partial charge < -0.3 is 4.74 Å². The van der Waals surface area contributed by atoms with Crippen LogP contribution in [0.3, 0.4) is 0 Å². The van der Waals surface area contributed by atoms with Crippen LogP contribution in [0.2, 0.25) is 0 Å². The molecule has 1 spiro atoms. The summed E-state index contributed by atoms with van der Waals surface area (Å²) in [4.78, 5) is 4.67. The predicted octanol–water partition coefficient (Wildman–Crippen LogP) is 1.09. The number of terminal acetylenes is 1. The minimum absolute atomic E-state index is 0.0726. The van der Waals surface area contributed by atoms with Crippen LogP contribution < -0.4 is 0 Å². The summed E-state index contributed by atoms with van der Waals surface area (Å²) in [7, 11) is 0. The molecule has 4 heteroatoms. The fourth-order valence-electron chi connectivity index (χ4n) is 3.54. The van der Waals surface area contributed by atoms with Gasteiger partial charge in [0, 0.05) is 31.8 Å². The fraction of sp³-hybridized carbons (Fsp3) is 0.800. The second kappa shape index (κ2) is 5.51. The van der Waals surface area contributed by atoms with Crippen molar-refractivity contribution >= 4 is 0 Å². The lowest BCUT2D eigenvalue weighted by atomic mass is 9.78. The summed E-state index contributed by atoms with van der Waals surface area (Å²) < 4.78 is 5.85.